The van der Waals surface area contributed by atoms with Crippen LogP contribution in [0.25, 0.3) is 11.4 Å². The topological polar surface area (TPSA) is 81.2 Å². The highest BCUT2D eigenvalue weighted by atomic mass is 16.5. The van der Waals surface area contributed by atoms with Crippen LogP contribution in [0.4, 0.5) is 0 Å². The normalized spacial score (nSPS) is 10.7. The van der Waals surface area contributed by atoms with Crippen molar-refractivity contribution < 1.29 is 14.4 Å². The number of nitrogens with zero attached hydrogens (tertiary/aromatic N) is 3. The average molecular weight is 235 g/mol. The van der Waals surface area contributed by atoms with Crippen LogP contribution in [0, 0.1) is 0 Å². The molecule has 0 atom stereocenters. The van der Waals surface area contributed by atoms with E-state index in [1.54, 1.807) is 16.9 Å². The van der Waals surface area contributed by atoms with Crippen molar-refractivity contribution in [3.8, 4) is 11.4 Å². The summed E-state index contributed by atoms with van der Waals surface area (Å²) >= 11 is 0. The molecule has 0 bridgehead atoms. The largest absolute Gasteiger partial charge is 0.477 e. The fourth-order valence-corrected chi connectivity index (χ4v) is 1.75. The van der Waals surface area contributed by atoms with Crippen LogP contribution in [0.2, 0.25) is 0 Å². The minimum absolute atomic E-state index is 0.128. The summed E-state index contributed by atoms with van der Waals surface area (Å²) in [5.41, 5.74) is 1.13. The second kappa shape index (κ2) is 4.40. The molecule has 2 heterocycles. The lowest BCUT2D eigenvalue weighted by molar-refractivity contribution is 0.0695. The van der Waals surface area contributed by atoms with E-state index in [4.69, 9.17) is 4.52 Å². The van der Waals surface area contributed by atoms with E-state index in [-0.39, 0.29) is 5.56 Å². The molecule has 1 N–H and O–H groups in total. The lowest BCUT2D eigenvalue weighted by Gasteiger charge is -2.01. The molecule has 0 spiro atoms. The Bertz CT molecular complexity index is 542. The molecule has 0 saturated heterocycles. The van der Waals surface area contributed by atoms with Gasteiger partial charge in [-0.3, -0.25) is 4.68 Å². The second-order valence-corrected chi connectivity index (χ2v) is 3.52. The molecule has 0 aliphatic carbocycles. The molecule has 2 aromatic heterocycles. The van der Waals surface area contributed by atoms with E-state index in [1.165, 1.54) is 0 Å². The van der Waals surface area contributed by atoms with Gasteiger partial charge < -0.3 is 9.63 Å². The smallest absolute Gasteiger partial charge is 0.341 e. The first-order valence-electron chi connectivity index (χ1n) is 5.43. The maximum atomic E-state index is 11.2. The van der Waals surface area contributed by atoms with Gasteiger partial charge in [0.05, 0.1) is 5.69 Å². The van der Waals surface area contributed by atoms with Gasteiger partial charge in [0.1, 0.15) is 11.3 Å². The predicted molar refractivity (Wildman–Crippen MR) is 59.7 cm³/mol. The lowest BCUT2D eigenvalue weighted by Crippen LogP contribution is -2.04. The molecular weight excluding hydrogens is 222 g/mol. The van der Waals surface area contributed by atoms with Crippen LogP contribution in [0.1, 0.15) is 30.0 Å². The first-order chi connectivity index (χ1) is 8.19. The third-order valence-corrected chi connectivity index (χ3v) is 2.56. The van der Waals surface area contributed by atoms with Gasteiger partial charge in [0, 0.05) is 19.2 Å². The molecule has 90 valence electrons. The van der Waals surface area contributed by atoms with Gasteiger partial charge in [-0.2, -0.15) is 5.10 Å². The van der Waals surface area contributed by atoms with Crippen LogP contribution in [0.5, 0.6) is 0 Å². The Kier molecular flexibility index (Phi) is 2.95. The number of hydrogen-bond donors (Lipinski definition) is 1. The van der Waals surface area contributed by atoms with Crippen molar-refractivity contribution in [1.82, 2.24) is 14.9 Å². The number of hydrogen-bond acceptors (Lipinski definition) is 4. The summed E-state index contributed by atoms with van der Waals surface area (Å²) < 4.78 is 6.74. The van der Waals surface area contributed by atoms with Gasteiger partial charge in [-0.05, 0) is 13.0 Å². The van der Waals surface area contributed by atoms with Gasteiger partial charge in [0.15, 0.2) is 5.76 Å². The van der Waals surface area contributed by atoms with Crippen LogP contribution in [-0.2, 0) is 13.0 Å². The fourth-order valence-electron chi connectivity index (χ4n) is 1.75. The number of rotatable bonds is 4. The van der Waals surface area contributed by atoms with E-state index in [1.807, 2.05) is 13.8 Å². The minimum Gasteiger partial charge on any atom is -0.477 e. The van der Waals surface area contributed by atoms with E-state index in [2.05, 4.69) is 10.3 Å². The average Bonchev–Trinajstić information content (AvgIpc) is 2.93. The predicted octanol–water partition coefficient (Wildman–Crippen LogP) is 1.82. The molecule has 0 aliphatic heterocycles. The molecule has 0 fully saturated rings. The van der Waals surface area contributed by atoms with Crippen molar-refractivity contribution in [2.24, 2.45) is 0 Å². The van der Waals surface area contributed by atoms with Crippen molar-refractivity contribution in [2.75, 3.05) is 0 Å². The Labute approximate surface area is 97.8 Å². The van der Waals surface area contributed by atoms with E-state index >= 15 is 0 Å². The Morgan fingerprint density at radius 3 is 2.88 bits per heavy atom. The van der Waals surface area contributed by atoms with Crippen molar-refractivity contribution >= 4 is 5.97 Å². The van der Waals surface area contributed by atoms with E-state index < -0.39 is 5.97 Å². The number of aryl methyl sites for hydroxylation is 2. The summed E-state index contributed by atoms with van der Waals surface area (Å²) in [7, 11) is 0. The maximum absolute atomic E-state index is 11.2. The van der Waals surface area contributed by atoms with Crippen LogP contribution < -0.4 is 0 Å². The summed E-state index contributed by atoms with van der Waals surface area (Å²) in [6, 6.07) is 1.73. The standard InChI is InChI=1S/C11H13N3O3/c1-3-8-9(11(15)16)10(13-17-8)7-5-6-12-14(7)4-2/h5-6H,3-4H2,1-2H3,(H,15,16). The molecule has 0 radical (unpaired) electrons. The van der Waals surface area contributed by atoms with Crippen LogP contribution in [-0.4, -0.2) is 26.0 Å². The van der Waals surface area contributed by atoms with Crippen molar-refractivity contribution in [1.29, 1.82) is 0 Å². The Morgan fingerprint density at radius 1 is 1.53 bits per heavy atom. The number of carboxylic acid groups (broad SMARTS) is 1. The SMILES string of the molecule is CCc1onc(-c2ccnn2CC)c1C(=O)O. The van der Waals surface area contributed by atoms with Crippen molar-refractivity contribution in [3.05, 3.63) is 23.6 Å². The Morgan fingerprint density at radius 2 is 2.29 bits per heavy atom. The van der Waals surface area contributed by atoms with E-state index in [9.17, 15) is 9.90 Å². The van der Waals surface area contributed by atoms with Crippen molar-refractivity contribution in [3.63, 3.8) is 0 Å². The summed E-state index contributed by atoms with van der Waals surface area (Å²) in [6.07, 6.45) is 2.11. The summed E-state index contributed by atoms with van der Waals surface area (Å²) in [5.74, 6) is -0.640. The van der Waals surface area contributed by atoms with Gasteiger partial charge in [-0.25, -0.2) is 4.79 Å². The Balaban J connectivity index is 2.60. The maximum Gasteiger partial charge on any atom is 0.341 e. The molecule has 6 nitrogen and oxygen atoms in total. The van der Waals surface area contributed by atoms with Crippen molar-refractivity contribution in [2.45, 2.75) is 26.8 Å². The van der Waals surface area contributed by atoms with Gasteiger partial charge in [0.2, 0.25) is 0 Å². The number of carbonyl (C=O) groups is 1. The quantitative estimate of drug-likeness (QED) is 0.874. The summed E-state index contributed by atoms with van der Waals surface area (Å²) in [4.78, 5) is 11.2. The number of aromatic nitrogens is 3. The fraction of sp³-hybridized carbons (Fsp3) is 0.364. The third-order valence-electron chi connectivity index (χ3n) is 2.56. The Hall–Kier alpha value is -2.11. The molecule has 2 rings (SSSR count). The van der Waals surface area contributed by atoms with Gasteiger partial charge >= 0.3 is 5.97 Å². The van der Waals surface area contributed by atoms with Gasteiger partial charge in [-0.1, -0.05) is 12.1 Å². The zero-order valence-electron chi connectivity index (χ0n) is 9.67. The monoisotopic (exact) mass is 235 g/mol. The van der Waals surface area contributed by atoms with Crippen LogP contribution >= 0.6 is 0 Å². The number of aromatic carboxylic acids is 1. The van der Waals surface area contributed by atoms with Gasteiger partial charge in [0.25, 0.3) is 0 Å². The molecule has 6 heteroatoms. The molecule has 0 unspecified atom stereocenters. The van der Waals surface area contributed by atoms with Crippen LogP contribution in [0.3, 0.4) is 0 Å². The molecule has 0 amide bonds. The highest BCUT2D eigenvalue weighted by Crippen LogP contribution is 2.25. The lowest BCUT2D eigenvalue weighted by atomic mass is 10.1. The highest BCUT2D eigenvalue weighted by Gasteiger charge is 2.24. The molecule has 0 aromatic carbocycles. The molecule has 0 aliphatic rings. The van der Waals surface area contributed by atoms with Gasteiger partial charge in [-0.15, -0.1) is 0 Å². The highest BCUT2D eigenvalue weighted by molar-refractivity contribution is 5.95. The first kappa shape index (κ1) is 11.4. The number of carboxylic acids is 1. The van der Waals surface area contributed by atoms with E-state index in [0.717, 1.165) is 0 Å². The molecular formula is C11H13N3O3. The zero-order chi connectivity index (χ0) is 12.4. The van der Waals surface area contributed by atoms with E-state index in [0.29, 0.717) is 30.1 Å². The zero-order valence-corrected chi connectivity index (χ0v) is 9.67. The third kappa shape index (κ3) is 1.82. The molecule has 0 saturated carbocycles. The molecule has 2 aromatic rings. The minimum atomic E-state index is -1.03. The second-order valence-electron chi connectivity index (χ2n) is 3.52. The first-order valence-corrected chi connectivity index (χ1v) is 5.43. The summed E-state index contributed by atoms with van der Waals surface area (Å²) in [5, 5.41) is 17.1. The van der Waals surface area contributed by atoms with Crippen LogP contribution in [0.15, 0.2) is 16.8 Å². The summed E-state index contributed by atoms with van der Waals surface area (Å²) in [6.45, 7) is 4.40. The molecule has 17 heavy (non-hydrogen) atoms.